The lowest BCUT2D eigenvalue weighted by molar-refractivity contribution is -0.137. The maximum Gasteiger partial charge on any atom is 0.303 e. The summed E-state index contributed by atoms with van der Waals surface area (Å²) in [6.07, 6.45) is 12.2. The number of carbonyl (C=O) groups excluding carboxylic acids is 1. The molecule has 0 radical (unpaired) electrons. The molecule has 1 N–H and O–H groups in total. The third-order valence-electron chi connectivity index (χ3n) is 7.19. The molecule has 0 saturated carbocycles. The average Bonchev–Trinajstić information content (AvgIpc) is 3.51. The molecule has 2 heterocycles. The number of para-hydroxylation sites is 1. The molecule has 2 aromatic carbocycles. The number of carboxylic acids is 1. The number of amides is 1. The van der Waals surface area contributed by atoms with Crippen LogP contribution in [0.1, 0.15) is 75.8 Å². The van der Waals surface area contributed by atoms with E-state index < -0.39 is 5.97 Å². The normalized spacial score (nSPS) is 14.2. The molecular weight excluding hydrogens is 567 g/mol. The summed E-state index contributed by atoms with van der Waals surface area (Å²) in [5.41, 5.74) is 4.56. The van der Waals surface area contributed by atoms with Gasteiger partial charge in [-0.1, -0.05) is 80.7 Å². The van der Waals surface area contributed by atoms with E-state index in [4.69, 9.17) is 27.2 Å². The van der Waals surface area contributed by atoms with Crippen molar-refractivity contribution in [3.63, 3.8) is 0 Å². The van der Waals surface area contributed by atoms with Gasteiger partial charge in [-0.25, -0.2) is 4.68 Å². The zero-order chi connectivity index (χ0) is 29.9. The molecule has 222 valence electrons. The predicted octanol–water partition coefficient (Wildman–Crippen LogP) is 8.04. The maximum absolute atomic E-state index is 13.4. The van der Waals surface area contributed by atoms with Crippen LogP contribution in [0.3, 0.4) is 0 Å². The number of nitrogens with zero attached hydrogens (tertiary/aromatic N) is 3. The van der Waals surface area contributed by atoms with Crippen LogP contribution in [-0.2, 0) is 9.59 Å². The van der Waals surface area contributed by atoms with E-state index in [1.165, 1.54) is 11.8 Å². The molecule has 0 atom stereocenters. The van der Waals surface area contributed by atoms with Crippen molar-refractivity contribution < 1.29 is 19.4 Å². The molecule has 9 heteroatoms. The van der Waals surface area contributed by atoms with Gasteiger partial charge in [-0.2, -0.15) is 5.10 Å². The molecule has 1 amide bonds. The van der Waals surface area contributed by atoms with E-state index in [-0.39, 0.29) is 12.3 Å². The van der Waals surface area contributed by atoms with Gasteiger partial charge in [0.05, 0.1) is 17.2 Å². The van der Waals surface area contributed by atoms with Crippen LogP contribution in [0.15, 0.2) is 59.6 Å². The summed E-state index contributed by atoms with van der Waals surface area (Å²) in [6.45, 7) is 5.22. The summed E-state index contributed by atoms with van der Waals surface area (Å²) in [5, 5.41) is 13.6. The lowest BCUT2D eigenvalue weighted by Crippen LogP contribution is -2.29. The predicted molar refractivity (Wildman–Crippen MR) is 174 cm³/mol. The number of carbonyl (C=O) groups is 2. The van der Waals surface area contributed by atoms with Gasteiger partial charge in [0.2, 0.25) is 0 Å². The highest BCUT2D eigenvalue weighted by Gasteiger charge is 2.32. The molecule has 1 fully saturated rings. The Bertz CT molecular complexity index is 1420. The Morgan fingerprint density at radius 3 is 2.38 bits per heavy atom. The summed E-state index contributed by atoms with van der Waals surface area (Å²) >= 11 is 6.95. The van der Waals surface area contributed by atoms with E-state index in [2.05, 4.69) is 6.07 Å². The van der Waals surface area contributed by atoms with Crippen molar-refractivity contribution in [1.82, 2.24) is 14.7 Å². The number of unbranched alkanes of at least 4 members (excludes halogenated alkanes) is 7. The largest absolute Gasteiger partial charge is 0.494 e. The van der Waals surface area contributed by atoms with E-state index >= 15 is 0 Å². The van der Waals surface area contributed by atoms with E-state index in [0.717, 1.165) is 85.2 Å². The van der Waals surface area contributed by atoms with Crippen molar-refractivity contribution >= 4 is 46.3 Å². The Balaban J connectivity index is 1.42. The number of hydrogen-bond donors (Lipinski definition) is 1. The highest BCUT2D eigenvalue weighted by molar-refractivity contribution is 8.26. The average molecular weight is 606 g/mol. The van der Waals surface area contributed by atoms with Gasteiger partial charge < -0.3 is 9.84 Å². The second kappa shape index (κ2) is 15.7. The number of benzene rings is 2. The minimum Gasteiger partial charge on any atom is -0.494 e. The van der Waals surface area contributed by atoms with Crippen LogP contribution >= 0.6 is 24.0 Å². The van der Waals surface area contributed by atoms with Crippen LogP contribution in [0.2, 0.25) is 0 Å². The summed E-state index contributed by atoms with van der Waals surface area (Å²) in [6, 6.07) is 16.0. The highest BCUT2D eigenvalue weighted by Crippen LogP contribution is 2.36. The van der Waals surface area contributed by atoms with Crippen LogP contribution in [-0.4, -0.2) is 49.1 Å². The zero-order valence-electron chi connectivity index (χ0n) is 24.4. The van der Waals surface area contributed by atoms with Crippen molar-refractivity contribution in [3.05, 3.63) is 70.8 Å². The summed E-state index contributed by atoms with van der Waals surface area (Å²) in [5.74, 6) is 0.0811. The minimum atomic E-state index is -0.717. The van der Waals surface area contributed by atoms with Crippen LogP contribution in [0.25, 0.3) is 23.0 Å². The molecule has 7 nitrogen and oxygen atoms in total. The summed E-state index contributed by atoms with van der Waals surface area (Å²) < 4.78 is 8.18. The topological polar surface area (TPSA) is 84.7 Å². The first-order valence-electron chi connectivity index (χ1n) is 14.7. The fourth-order valence-corrected chi connectivity index (χ4v) is 6.28. The number of rotatable bonds is 16. The molecular formula is C33H39N3O4S2. The standard InChI is InChI=1S/C33H39N3O4S2/c1-3-40-28-19-18-25(21-24(28)2)31-26(23-36(34-31)27-15-11-10-12-16-27)22-29-32(39)35(33(41)42-29)20-14-9-7-5-4-6-8-13-17-30(37)38/h10-12,15-16,18-19,21-23H,3-9,13-14,17,20H2,1-2H3,(H,37,38)/b29-22+. The van der Waals surface area contributed by atoms with Crippen molar-refractivity contribution in [2.45, 2.75) is 71.6 Å². The number of aromatic nitrogens is 2. The monoisotopic (exact) mass is 605 g/mol. The first kappa shape index (κ1) is 31.5. The fraction of sp³-hybridized carbons (Fsp3) is 0.394. The van der Waals surface area contributed by atoms with Crippen molar-refractivity contribution in [2.24, 2.45) is 0 Å². The Labute approximate surface area is 257 Å². The van der Waals surface area contributed by atoms with Gasteiger partial charge in [-0.3, -0.25) is 14.5 Å². The van der Waals surface area contributed by atoms with Crippen LogP contribution < -0.4 is 4.74 Å². The van der Waals surface area contributed by atoms with Crippen LogP contribution in [0, 0.1) is 6.92 Å². The number of hydrogen-bond acceptors (Lipinski definition) is 6. The molecule has 0 bridgehead atoms. The quantitative estimate of drug-likeness (QED) is 0.100. The van der Waals surface area contributed by atoms with Gasteiger partial charge in [0.1, 0.15) is 15.8 Å². The van der Waals surface area contributed by atoms with Gasteiger partial charge >= 0.3 is 5.97 Å². The molecule has 3 aromatic rings. The third-order valence-corrected chi connectivity index (χ3v) is 8.57. The van der Waals surface area contributed by atoms with Crippen LogP contribution in [0.5, 0.6) is 5.75 Å². The number of ether oxygens (including phenoxy) is 1. The van der Waals surface area contributed by atoms with E-state index in [0.29, 0.717) is 22.4 Å². The Hall–Kier alpha value is -3.43. The second-order valence-corrected chi connectivity index (χ2v) is 12.1. The number of carboxylic acid groups (broad SMARTS) is 1. The Morgan fingerprint density at radius 1 is 1.02 bits per heavy atom. The molecule has 4 rings (SSSR count). The summed E-state index contributed by atoms with van der Waals surface area (Å²) in [4.78, 5) is 26.3. The molecule has 0 aliphatic carbocycles. The summed E-state index contributed by atoms with van der Waals surface area (Å²) in [7, 11) is 0. The Morgan fingerprint density at radius 2 is 1.71 bits per heavy atom. The molecule has 1 saturated heterocycles. The number of aliphatic carboxylic acids is 1. The Kier molecular flexibility index (Phi) is 11.8. The molecule has 0 spiro atoms. The van der Waals surface area contributed by atoms with Gasteiger partial charge in [0.15, 0.2) is 0 Å². The third kappa shape index (κ3) is 8.55. The molecule has 1 aliphatic rings. The second-order valence-electron chi connectivity index (χ2n) is 10.4. The fourth-order valence-electron chi connectivity index (χ4n) is 4.99. The van der Waals surface area contributed by atoms with E-state index in [9.17, 15) is 9.59 Å². The molecule has 1 aliphatic heterocycles. The van der Waals surface area contributed by atoms with Gasteiger partial charge in [0.25, 0.3) is 5.91 Å². The van der Waals surface area contributed by atoms with Crippen LogP contribution in [0.4, 0.5) is 0 Å². The lowest BCUT2D eigenvalue weighted by atomic mass is 10.0. The van der Waals surface area contributed by atoms with Crippen molar-refractivity contribution in [2.75, 3.05) is 13.2 Å². The lowest BCUT2D eigenvalue weighted by Gasteiger charge is -2.14. The molecule has 1 aromatic heterocycles. The van der Waals surface area contributed by atoms with E-state index in [1.54, 1.807) is 4.90 Å². The number of thiocarbonyl (C=S) groups is 1. The van der Waals surface area contributed by atoms with Crippen molar-refractivity contribution in [3.8, 4) is 22.7 Å². The van der Waals surface area contributed by atoms with Gasteiger partial charge in [-0.05, 0) is 68.7 Å². The first-order valence-corrected chi connectivity index (χ1v) is 16.0. The highest BCUT2D eigenvalue weighted by atomic mass is 32.2. The number of aryl methyl sites for hydroxylation is 1. The molecule has 42 heavy (non-hydrogen) atoms. The SMILES string of the molecule is CCOc1ccc(-c2nn(-c3ccccc3)cc2/C=C2/SC(=S)N(CCCCCCCCCCC(=O)O)C2=O)cc1C. The smallest absolute Gasteiger partial charge is 0.303 e. The first-order chi connectivity index (χ1) is 20.4. The van der Waals surface area contributed by atoms with Crippen molar-refractivity contribution in [1.29, 1.82) is 0 Å². The zero-order valence-corrected chi connectivity index (χ0v) is 26.0. The molecule has 0 unspecified atom stereocenters. The maximum atomic E-state index is 13.4. The van der Waals surface area contributed by atoms with Gasteiger partial charge in [-0.15, -0.1) is 0 Å². The number of thioether (sulfide) groups is 1. The van der Waals surface area contributed by atoms with Gasteiger partial charge in [0, 0.05) is 30.3 Å². The van der Waals surface area contributed by atoms with E-state index in [1.807, 2.05) is 73.3 Å². The minimum absolute atomic E-state index is 0.0512.